The third-order valence-electron chi connectivity index (χ3n) is 2.45. The molecule has 0 aliphatic heterocycles. The summed E-state index contributed by atoms with van der Waals surface area (Å²) in [6.45, 7) is 0. The lowest BCUT2D eigenvalue weighted by atomic mass is 10.2. The predicted molar refractivity (Wildman–Crippen MR) is 63.3 cm³/mol. The first kappa shape index (κ1) is 11.0. The van der Waals surface area contributed by atoms with Crippen LogP contribution in [0.5, 0.6) is 0 Å². The van der Waals surface area contributed by atoms with Crippen LogP contribution >= 0.6 is 11.6 Å². The molecule has 1 aromatic heterocycles. The quantitative estimate of drug-likeness (QED) is 0.609. The van der Waals surface area contributed by atoms with Gasteiger partial charge in [-0.05, 0) is 18.9 Å². The van der Waals surface area contributed by atoms with Gasteiger partial charge in [-0.15, -0.1) is 0 Å². The number of nitrogens with two attached hydrogens (primary N) is 1. The molecule has 1 aromatic rings. The molecule has 0 unspecified atom stereocenters. The Morgan fingerprint density at radius 1 is 1.50 bits per heavy atom. The Kier molecular flexibility index (Phi) is 3.10. The molecule has 0 bridgehead atoms. The summed E-state index contributed by atoms with van der Waals surface area (Å²) in [4.78, 5) is 15.7. The number of nitrogens with zero attached hydrogens (tertiary/aromatic N) is 1. The van der Waals surface area contributed by atoms with E-state index in [1.165, 1.54) is 12.3 Å². The number of nitrogen functional groups attached to an aromatic ring is 1. The van der Waals surface area contributed by atoms with E-state index in [9.17, 15) is 4.79 Å². The first-order chi connectivity index (χ1) is 7.66. The number of carbonyl (C=O) groups excluding carboxylic acids is 1. The Bertz CT molecular complexity index is 437. The highest BCUT2D eigenvalue weighted by molar-refractivity contribution is 6.32. The first-order valence-corrected chi connectivity index (χ1v) is 5.41. The van der Waals surface area contributed by atoms with Crippen LogP contribution in [0.2, 0.25) is 5.15 Å². The van der Waals surface area contributed by atoms with Crippen LogP contribution in [0.3, 0.4) is 0 Å². The number of hydrogen-bond donors (Lipinski definition) is 2. The second-order valence-corrected chi connectivity index (χ2v) is 4.08. The molecule has 0 aromatic carbocycles. The Morgan fingerprint density at radius 3 is 2.88 bits per heavy atom. The lowest BCUT2D eigenvalue weighted by Crippen LogP contribution is -2.33. The summed E-state index contributed by atoms with van der Waals surface area (Å²) in [5, 5.41) is 3.06. The van der Waals surface area contributed by atoms with Crippen LogP contribution < -0.4 is 11.1 Å². The van der Waals surface area contributed by atoms with E-state index in [4.69, 9.17) is 17.3 Å². The SMILES string of the molecule is Nc1cnc(Cl)c(C(=O)NC2CC=CC2)c1. The highest BCUT2D eigenvalue weighted by Crippen LogP contribution is 2.17. The van der Waals surface area contributed by atoms with Crippen LogP contribution in [0.4, 0.5) is 5.69 Å². The fourth-order valence-electron chi connectivity index (χ4n) is 1.62. The van der Waals surface area contributed by atoms with Gasteiger partial charge in [-0.1, -0.05) is 23.8 Å². The molecule has 5 heteroatoms. The first-order valence-electron chi connectivity index (χ1n) is 5.03. The summed E-state index contributed by atoms with van der Waals surface area (Å²) in [6.07, 6.45) is 7.24. The zero-order valence-corrected chi connectivity index (χ0v) is 9.37. The van der Waals surface area contributed by atoms with Gasteiger partial charge in [0, 0.05) is 6.04 Å². The molecular formula is C11H12ClN3O. The normalized spacial score (nSPS) is 15.3. The zero-order chi connectivity index (χ0) is 11.5. The molecule has 84 valence electrons. The van der Waals surface area contributed by atoms with Crippen molar-refractivity contribution in [3.8, 4) is 0 Å². The minimum Gasteiger partial charge on any atom is -0.397 e. The van der Waals surface area contributed by atoms with E-state index in [1.54, 1.807) is 0 Å². The molecule has 1 aliphatic carbocycles. The van der Waals surface area contributed by atoms with Gasteiger partial charge in [-0.25, -0.2) is 4.98 Å². The van der Waals surface area contributed by atoms with Gasteiger partial charge in [0.15, 0.2) is 0 Å². The average molecular weight is 238 g/mol. The number of carbonyl (C=O) groups is 1. The van der Waals surface area contributed by atoms with Crippen molar-refractivity contribution in [3.63, 3.8) is 0 Å². The number of rotatable bonds is 2. The maximum absolute atomic E-state index is 11.9. The van der Waals surface area contributed by atoms with Gasteiger partial charge in [0.1, 0.15) is 5.15 Å². The number of aromatic nitrogens is 1. The Morgan fingerprint density at radius 2 is 2.19 bits per heavy atom. The number of pyridine rings is 1. The molecule has 16 heavy (non-hydrogen) atoms. The summed E-state index contributed by atoms with van der Waals surface area (Å²) < 4.78 is 0. The predicted octanol–water partition coefficient (Wildman–Crippen LogP) is 1.77. The maximum Gasteiger partial charge on any atom is 0.254 e. The summed E-state index contributed by atoms with van der Waals surface area (Å²) in [5.41, 5.74) is 6.32. The van der Waals surface area contributed by atoms with Crippen molar-refractivity contribution in [1.82, 2.24) is 10.3 Å². The molecule has 4 nitrogen and oxygen atoms in total. The Labute approximate surface area is 98.5 Å². The monoisotopic (exact) mass is 237 g/mol. The van der Waals surface area contributed by atoms with E-state index in [-0.39, 0.29) is 17.1 Å². The third kappa shape index (κ3) is 2.33. The van der Waals surface area contributed by atoms with Gasteiger partial charge in [0.05, 0.1) is 17.4 Å². The molecule has 1 aliphatic rings. The summed E-state index contributed by atoms with van der Waals surface area (Å²) in [7, 11) is 0. The van der Waals surface area contributed by atoms with Crippen molar-refractivity contribution < 1.29 is 4.79 Å². The van der Waals surface area contributed by atoms with Gasteiger partial charge in [-0.3, -0.25) is 4.79 Å². The van der Waals surface area contributed by atoms with E-state index in [0.29, 0.717) is 11.3 Å². The number of halogens is 1. The molecule has 2 rings (SSSR count). The molecule has 1 heterocycles. The second-order valence-electron chi connectivity index (χ2n) is 3.72. The summed E-state index contributed by atoms with van der Waals surface area (Å²) >= 11 is 5.83. The lowest BCUT2D eigenvalue weighted by molar-refractivity contribution is 0.0939. The number of nitrogens with one attached hydrogen (secondary N) is 1. The molecule has 1 amide bonds. The molecule has 0 saturated carbocycles. The molecule has 0 fully saturated rings. The van der Waals surface area contributed by atoms with Crippen molar-refractivity contribution in [1.29, 1.82) is 0 Å². The van der Waals surface area contributed by atoms with E-state index >= 15 is 0 Å². The van der Waals surface area contributed by atoms with Crippen molar-refractivity contribution >= 4 is 23.2 Å². The van der Waals surface area contributed by atoms with Gasteiger partial charge in [0.25, 0.3) is 5.91 Å². The van der Waals surface area contributed by atoms with Crippen molar-refractivity contribution in [3.05, 3.63) is 35.1 Å². The van der Waals surface area contributed by atoms with E-state index < -0.39 is 0 Å². The molecular weight excluding hydrogens is 226 g/mol. The van der Waals surface area contributed by atoms with Gasteiger partial charge in [0.2, 0.25) is 0 Å². The minimum absolute atomic E-state index is 0.157. The molecule has 0 spiro atoms. The van der Waals surface area contributed by atoms with E-state index in [2.05, 4.69) is 10.3 Å². The van der Waals surface area contributed by atoms with Crippen molar-refractivity contribution in [2.75, 3.05) is 5.73 Å². The molecule has 0 radical (unpaired) electrons. The fourth-order valence-corrected chi connectivity index (χ4v) is 1.81. The minimum atomic E-state index is -0.224. The lowest BCUT2D eigenvalue weighted by Gasteiger charge is -2.12. The second kappa shape index (κ2) is 4.53. The van der Waals surface area contributed by atoms with Gasteiger partial charge in [-0.2, -0.15) is 0 Å². The van der Waals surface area contributed by atoms with Crippen molar-refractivity contribution in [2.24, 2.45) is 0 Å². The standard InChI is InChI=1S/C11H12ClN3O/c12-10-9(5-7(13)6-14-10)11(16)15-8-3-1-2-4-8/h1-2,5-6,8H,3-4,13H2,(H,15,16). The van der Waals surface area contributed by atoms with Crippen LogP contribution in [0.1, 0.15) is 23.2 Å². The number of amides is 1. The van der Waals surface area contributed by atoms with Gasteiger partial charge >= 0.3 is 0 Å². The number of hydrogen-bond acceptors (Lipinski definition) is 3. The highest BCUT2D eigenvalue weighted by atomic mass is 35.5. The average Bonchev–Trinajstić information content (AvgIpc) is 2.74. The smallest absolute Gasteiger partial charge is 0.254 e. The molecule has 3 N–H and O–H groups in total. The van der Waals surface area contributed by atoms with Crippen LogP contribution in [0.25, 0.3) is 0 Å². The molecule has 0 atom stereocenters. The maximum atomic E-state index is 11.9. The van der Waals surface area contributed by atoms with Crippen LogP contribution in [0, 0.1) is 0 Å². The van der Waals surface area contributed by atoms with E-state index in [1.807, 2.05) is 12.2 Å². The third-order valence-corrected chi connectivity index (χ3v) is 2.75. The fraction of sp³-hybridized carbons (Fsp3) is 0.273. The Balaban J connectivity index is 2.10. The largest absolute Gasteiger partial charge is 0.397 e. The van der Waals surface area contributed by atoms with Crippen LogP contribution in [-0.4, -0.2) is 16.9 Å². The van der Waals surface area contributed by atoms with Crippen LogP contribution in [0.15, 0.2) is 24.4 Å². The Hall–Kier alpha value is -1.55. The van der Waals surface area contributed by atoms with Crippen molar-refractivity contribution in [2.45, 2.75) is 18.9 Å². The highest BCUT2D eigenvalue weighted by Gasteiger charge is 2.17. The zero-order valence-electron chi connectivity index (χ0n) is 8.61. The topological polar surface area (TPSA) is 68.0 Å². The van der Waals surface area contributed by atoms with Crippen LogP contribution in [-0.2, 0) is 0 Å². The van der Waals surface area contributed by atoms with E-state index in [0.717, 1.165) is 12.8 Å². The molecule has 0 saturated heterocycles. The van der Waals surface area contributed by atoms with Gasteiger partial charge < -0.3 is 11.1 Å². The summed E-state index contributed by atoms with van der Waals surface area (Å²) in [5.74, 6) is -0.224. The number of anilines is 1. The summed E-state index contributed by atoms with van der Waals surface area (Å²) in [6, 6.07) is 1.69.